The van der Waals surface area contributed by atoms with Crippen LogP contribution in [0, 0.1) is 6.92 Å². The summed E-state index contributed by atoms with van der Waals surface area (Å²) in [4.78, 5) is 19.5. The van der Waals surface area contributed by atoms with Gasteiger partial charge in [-0.1, -0.05) is 42.5 Å². The van der Waals surface area contributed by atoms with E-state index >= 15 is 0 Å². The van der Waals surface area contributed by atoms with Gasteiger partial charge in [0.05, 0.1) is 5.41 Å². The standard InChI is InChI=1S/C25H25N3O2/c1-18-9-10-20(16-22(18)30-17-19-6-3-2-4-7-19)28-14-11-25(12-15-28)21-8-5-13-26-23(21)27-24(25)29/h2-10,13,16H,11-12,14-15,17H2,1H3,(H,26,27,29). The highest BCUT2D eigenvalue weighted by molar-refractivity contribution is 6.05. The van der Waals surface area contributed by atoms with Crippen molar-refractivity contribution in [3.63, 3.8) is 0 Å². The van der Waals surface area contributed by atoms with Gasteiger partial charge in [0.2, 0.25) is 5.91 Å². The maximum atomic E-state index is 12.8. The lowest BCUT2D eigenvalue weighted by Gasteiger charge is -2.39. The Bertz CT molecular complexity index is 1070. The smallest absolute Gasteiger partial charge is 0.236 e. The van der Waals surface area contributed by atoms with Crippen LogP contribution in [0.1, 0.15) is 29.5 Å². The molecule has 1 fully saturated rings. The summed E-state index contributed by atoms with van der Waals surface area (Å²) in [6, 6.07) is 20.6. The van der Waals surface area contributed by atoms with Crippen molar-refractivity contribution in [1.29, 1.82) is 0 Å². The molecule has 152 valence electrons. The Hall–Kier alpha value is -3.34. The number of aryl methyl sites for hydroxylation is 1. The molecule has 0 bridgehead atoms. The molecule has 30 heavy (non-hydrogen) atoms. The molecule has 1 spiro atoms. The number of rotatable bonds is 4. The van der Waals surface area contributed by atoms with Gasteiger partial charge in [0.25, 0.3) is 0 Å². The zero-order valence-electron chi connectivity index (χ0n) is 17.1. The van der Waals surface area contributed by atoms with Crippen LogP contribution in [0.4, 0.5) is 11.5 Å². The highest BCUT2D eigenvalue weighted by Crippen LogP contribution is 2.44. The fourth-order valence-electron chi connectivity index (χ4n) is 4.56. The number of ether oxygens (including phenoxy) is 1. The SMILES string of the molecule is Cc1ccc(N2CCC3(CC2)C(=O)Nc2ncccc23)cc1OCc1ccccc1. The van der Waals surface area contributed by atoms with Crippen molar-refractivity contribution in [1.82, 2.24) is 4.98 Å². The zero-order chi connectivity index (χ0) is 20.6. The number of nitrogens with one attached hydrogen (secondary N) is 1. The van der Waals surface area contributed by atoms with Gasteiger partial charge in [-0.25, -0.2) is 4.98 Å². The topological polar surface area (TPSA) is 54.5 Å². The number of nitrogens with zero attached hydrogens (tertiary/aromatic N) is 2. The minimum absolute atomic E-state index is 0.0895. The third-order valence-corrected chi connectivity index (χ3v) is 6.38. The van der Waals surface area contributed by atoms with E-state index < -0.39 is 5.41 Å². The molecule has 3 heterocycles. The summed E-state index contributed by atoms with van der Waals surface area (Å²) in [6.45, 7) is 4.27. The number of carbonyl (C=O) groups excluding carboxylic acids is 1. The Morgan fingerprint density at radius 3 is 2.67 bits per heavy atom. The largest absolute Gasteiger partial charge is 0.489 e. The number of aromatic nitrogens is 1. The van der Waals surface area contributed by atoms with E-state index in [4.69, 9.17) is 4.74 Å². The normalized spacial score (nSPS) is 17.0. The van der Waals surface area contributed by atoms with Crippen LogP contribution in [-0.2, 0) is 16.8 Å². The molecule has 0 radical (unpaired) electrons. The van der Waals surface area contributed by atoms with Crippen LogP contribution in [0.15, 0.2) is 66.9 Å². The molecule has 1 aromatic heterocycles. The predicted octanol–water partition coefficient (Wildman–Crippen LogP) is 4.46. The number of piperidine rings is 1. The van der Waals surface area contributed by atoms with Gasteiger partial charge >= 0.3 is 0 Å². The number of pyridine rings is 1. The van der Waals surface area contributed by atoms with E-state index in [2.05, 4.69) is 52.5 Å². The molecule has 0 saturated carbocycles. The van der Waals surface area contributed by atoms with Gasteiger partial charge in [-0.05, 0) is 43.0 Å². The van der Waals surface area contributed by atoms with Crippen molar-refractivity contribution < 1.29 is 9.53 Å². The van der Waals surface area contributed by atoms with Gasteiger partial charge in [-0.3, -0.25) is 4.79 Å². The number of anilines is 2. The highest BCUT2D eigenvalue weighted by Gasteiger charge is 2.49. The number of fused-ring (bicyclic) bond motifs is 2. The van der Waals surface area contributed by atoms with E-state index in [1.807, 2.05) is 30.3 Å². The van der Waals surface area contributed by atoms with Crippen LogP contribution in [0.25, 0.3) is 0 Å². The Kier molecular flexibility index (Phi) is 4.66. The van der Waals surface area contributed by atoms with Crippen molar-refractivity contribution in [3.8, 4) is 5.75 Å². The van der Waals surface area contributed by atoms with E-state index in [-0.39, 0.29) is 5.91 Å². The maximum Gasteiger partial charge on any atom is 0.236 e. The summed E-state index contributed by atoms with van der Waals surface area (Å²) in [5.74, 6) is 1.72. The van der Waals surface area contributed by atoms with Crippen molar-refractivity contribution in [3.05, 3.63) is 83.6 Å². The lowest BCUT2D eigenvalue weighted by Crippen LogP contribution is -2.46. The zero-order valence-corrected chi connectivity index (χ0v) is 17.1. The summed E-state index contributed by atoms with van der Waals surface area (Å²) in [5.41, 5.74) is 4.02. The first-order valence-electron chi connectivity index (χ1n) is 10.4. The molecule has 0 aliphatic carbocycles. The molecule has 5 nitrogen and oxygen atoms in total. The maximum absolute atomic E-state index is 12.8. The monoisotopic (exact) mass is 399 g/mol. The van der Waals surface area contributed by atoms with Gasteiger partial charge in [0, 0.05) is 36.6 Å². The van der Waals surface area contributed by atoms with Crippen LogP contribution in [0.5, 0.6) is 5.75 Å². The molecule has 1 saturated heterocycles. The summed E-state index contributed by atoms with van der Waals surface area (Å²) < 4.78 is 6.11. The molecule has 2 aliphatic rings. The molecule has 2 aliphatic heterocycles. The first-order chi connectivity index (χ1) is 14.7. The summed E-state index contributed by atoms with van der Waals surface area (Å²) in [6.07, 6.45) is 3.30. The van der Waals surface area contributed by atoms with Gasteiger partial charge < -0.3 is 15.0 Å². The first kappa shape index (κ1) is 18.7. The lowest BCUT2D eigenvalue weighted by molar-refractivity contribution is -0.121. The highest BCUT2D eigenvalue weighted by atomic mass is 16.5. The molecular weight excluding hydrogens is 374 g/mol. The molecule has 1 N–H and O–H groups in total. The van der Waals surface area contributed by atoms with Crippen LogP contribution < -0.4 is 15.0 Å². The minimum atomic E-state index is -0.447. The fourth-order valence-corrected chi connectivity index (χ4v) is 4.56. The Labute approximate surface area is 176 Å². The second kappa shape index (κ2) is 7.48. The molecule has 0 atom stereocenters. The van der Waals surface area contributed by atoms with Crippen molar-refractivity contribution in [2.24, 2.45) is 0 Å². The lowest BCUT2D eigenvalue weighted by atomic mass is 9.74. The average Bonchev–Trinajstić information content (AvgIpc) is 3.06. The first-order valence-corrected chi connectivity index (χ1v) is 10.4. The van der Waals surface area contributed by atoms with E-state index in [0.29, 0.717) is 6.61 Å². The third kappa shape index (κ3) is 3.20. The predicted molar refractivity (Wildman–Crippen MR) is 118 cm³/mol. The third-order valence-electron chi connectivity index (χ3n) is 6.38. The van der Waals surface area contributed by atoms with Gasteiger partial charge in [-0.15, -0.1) is 0 Å². The quantitative estimate of drug-likeness (QED) is 0.704. The van der Waals surface area contributed by atoms with Gasteiger partial charge in [-0.2, -0.15) is 0 Å². The molecule has 3 aromatic rings. The van der Waals surface area contributed by atoms with Crippen LogP contribution >= 0.6 is 0 Å². The van der Waals surface area contributed by atoms with Gasteiger partial charge in [0.15, 0.2) is 0 Å². The fraction of sp³-hybridized carbons (Fsp3) is 0.280. The Morgan fingerprint density at radius 2 is 1.87 bits per heavy atom. The molecule has 5 heteroatoms. The summed E-state index contributed by atoms with van der Waals surface area (Å²) in [7, 11) is 0. The summed E-state index contributed by atoms with van der Waals surface area (Å²) >= 11 is 0. The molecule has 2 aromatic carbocycles. The number of hydrogen-bond donors (Lipinski definition) is 1. The molecule has 0 unspecified atom stereocenters. The number of carbonyl (C=O) groups is 1. The molecule has 1 amide bonds. The minimum Gasteiger partial charge on any atom is -0.489 e. The van der Waals surface area contributed by atoms with Gasteiger partial charge in [0.1, 0.15) is 18.2 Å². The number of hydrogen-bond acceptors (Lipinski definition) is 4. The second-order valence-corrected chi connectivity index (χ2v) is 8.15. The van der Waals surface area contributed by atoms with E-state index in [1.165, 1.54) is 0 Å². The second-order valence-electron chi connectivity index (χ2n) is 8.15. The summed E-state index contributed by atoms with van der Waals surface area (Å²) in [5, 5.41) is 2.97. The van der Waals surface area contributed by atoms with E-state index in [1.54, 1.807) is 6.20 Å². The Balaban J connectivity index is 1.31. The van der Waals surface area contributed by atoms with Crippen molar-refractivity contribution in [2.75, 3.05) is 23.3 Å². The number of amides is 1. The van der Waals surface area contributed by atoms with Crippen molar-refractivity contribution in [2.45, 2.75) is 31.8 Å². The van der Waals surface area contributed by atoms with Crippen molar-refractivity contribution >= 4 is 17.4 Å². The van der Waals surface area contributed by atoms with Crippen LogP contribution in [0.3, 0.4) is 0 Å². The Morgan fingerprint density at radius 1 is 1.07 bits per heavy atom. The van der Waals surface area contributed by atoms with E-state index in [0.717, 1.165) is 59.9 Å². The van der Waals surface area contributed by atoms with E-state index in [9.17, 15) is 4.79 Å². The van der Waals surface area contributed by atoms with Crippen LogP contribution in [-0.4, -0.2) is 24.0 Å². The molecular formula is C25H25N3O2. The van der Waals surface area contributed by atoms with Crippen LogP contribution in [0.2, 0.25) is 0 Å². The molecule has 5 rings (SSSR count). The number of benzene rings is 2. The average molecular weight is 399 g/mol.